The first-order valence-corrected chi connectivity index (χ1v) is 11.7. The van der Waals surface area contributed by atoms with Crippen molar-refractivity contribution < 1.29 is 4.79 Å². The largest absolute Gasteiger partial charge is 0.357 e. The van der Waals surface area contributed by atoms with Crippen molar-refractivity contribution in [2.24, 2.45) is 4.99 Å². The molecule has 3 aromatic rings. The summed E-state index contributed by atoms with van der Waals surface area (Å²) >= 11 is 0. The maximum atomic E-state index is 12.4. The first-order chi connectivity index (χ1) is 16.2. The van der Waals surface area contributed by atoms with Crippen LogP contribution in [0.3, 0.4) is 0 Å². The predicted molar refractivity (Wildman–Crippen MR) is 132 cm³/mol. The van der Waals surface area contributed by atoms with Crippen molar-refractivity contribution in [1.29, 1.82) is 0 Å². The minimum atomic E-state index is 0.134. The van der Waals surface area contributed by atoms with Crippen LogP contribution in [0.4, 0.5) is 0 Å². The molecule has 1 fully saturated rings. The molecule has 0 radical (unpaired) electrons. The van der Waals surface area contributed by atoms with Gasteiger partial charge in [-0.05, 0) is 42.0 Å². The summed E-state index contributed by atoms with van der Waals surface area (Å²) in [4.78, 5) is 23.1. The van der Waals surface area contributed by atoms with Gasteiger partial charge in [0, 0.05) is 38.6 Å². The Bertz CT molecular complexity index is 1050. The summed E-state index contributed by atoms with van der Waals surface area (Å²) in [5, 5.41) is 6.44. The van der Waals surface area contributed by atoms with Gasteiger partial charge in [-0.2, -0.15) is 0 Å². The fraction of sp³-hybridized carbons (Fsp3) is 0.346. The number of nitrogens with zero attached hydrogens (tertiary/aromatic N) is 4. The quantitative estimate of drug-likeness (QED) is 0.413. The van der Waals surface area contributed by atoms with Crippen molar-refractivity contribution in [3.63, 3.8) is 0 Å². The summed E-state index contributed by atoms with van der Waals surface area (Å²) in [5.41, 5.74) is 4.70. The third-order valence-corrected chi connectivity index (χ3v) is 5.82. The summed E-state index contributed by atoms with van der Waals surface area (Å²) in [6, 6.07) is 17.0. The van der Waals surface area contributed by atoms with E-state index < -0.39 is 0 Å². The van der Waals surface area contributed by atoms with Crippen LogP contribution in [0.1, 0.15) is 30.9 Å². The molecule has 0 unspecified atom stereocenters. The zero-order valence-corrected chi connectivity index (χ0v) is 19.2. The van der Waals surface area contributed by atoms with Gasteiger partial charge >= 0.3 is 0 Å². The molecular formula is C26H32N6O. The molecule has 0 bridgehead atoms. The van der Waals surface area contributed by atoms with Crippen molar-refractivity contribution in [3.05, 3.63) is 78.4 Å². The van der Waals surface area contributed by atoms with Gasteiger partial charge in [-0.15, -0.1) is 0 Å². The molecule has 7 heteroatoms. The van der Waals surface area contributed by atoms with Gasteiger partial charge in [-0.3, -0.25) is 4.79 Å². The van der Waals surface area contributed by atoms with Gasteiger partial charge in [-0.1, -0.05) is 48.5 Å². The number of rotatable bonds is 8. The molecule has 2 heterocycles. The van der Waals surface area contributed by atoms with E-state index in [1.54, 1.807) is 6.20 Å². The minimum Gasteiger partial charge on any atom is -0.357 e. The van der Waals surface area contributed by atoms with Gasteiger partial charge in [-0.25, -0.2) is 9.98 Å². The third kappa shape index (κ3) is 6.22. The molecule has 2 aromatic carbocycles. The molecule has 0 aliphatic carbocycles. The lowest BCUT2D eigenvalue weighted by Crippen LogP contribution is -2.44. The fourth-order valence-electron chi connectivity index (χ4n) is 4.06. The normalized spacial score (nSPS) is 13.8. The summed E-state index contributed by atoms with van der Waals surface area (Å²) in [5.74, 6) is 0.796. The number of benzene rings is 2. The van der Waals surface area contributed by atoms with E-state index in [0.717, 1.165) is 50.1 Å². The summed E-state index contributed by atoms with van der Waals surface area (Å²) in [6.07, 6.45) is 7.79. The molecule has 1 amide bonds. The SMILES string of the molecule is CCNC(=NCc1ccccc1-c1ccc(Cn2ccnc2)cc1)NCC(=O)N1CCCC1. The molecule has 4 rings (SSSR count). The molecule has 1 aromatic heterocycles. The van der Waals surface area contributed by atoms with E-state index in [-0.39, 0.29) is 12.5 Å². The number of likely N-dealkylation sites (tertiary alicyclic amines) is 1. The standard InChI is InChI=1S/C26H32N6O/c1-2-28-26(30-18-25(33)32-14-5-6-15-32)29-17-23-7-3-4-8-24(23)22-11-9-21(10-12-22)19-31-16-13-27-20-31/h3-4,7-13,16,20H,2,5-6,14-15,17-19H2,1H3,(H2,28,29,30). The lowest BCUT2D eigenvalue weighted by molar-refractivity contribution is -0.128. The number of carbonyl (C=O) groups is 1. The number of hydrogen-bond acceptors (Lipinski definition) is 3. The Hall–Kier alpha value is -3.61. The van der Waals surface area contributed by atoms with Crippen LogP contribution in [0.5, 0.6) is 0 Å². The third-order valence-electron chi connectivity index (χ3n) is 5.82. The van der Waals surface area contributed by atoms with E-state index in [1.807, 2.05) is 30.4 Å². The Labute approximate surface area is 195 Å². The van der Waals surface area contributed by atoms with E-state index >= 15 is 0 Å². The molecule has 33 heavy (non-hydrogen) atoms. The summed E-state index contributed by atoms with van der Waals surface area (Å²) in [7, 11) is 0. The molecule has 1 saturated heterocycles. The molecule has 1 aliphatic heterocycles. The Morgan fingerprint density at radius 2 is 1.85 bits per heavy atom. The molecular weight excluding hydrogens is 412 g/mol. The highest BCUT2D eigenvalue weighted by Crippen LogP contribution is 2.25. The van der Waals surface area contributed by atoms with Crippen molar-refractivity contribution in [2.75, 3.05) is 26.2 Å². The van der Waals surface area contributed by atoms with E-state index in [0.29, 0.717) is 12.5 Å². The molecule has 0 atom stereocenters. The number of aromatic nitrogens is 2. The number of hydrogen-bond donors (Lipinski definition) is 2. The second-order valence-electron chi connectivity index (χ2n) is 8.23. The smallest absolute Gasteiger partial charge is 0.241 e. The average Bonchev–Trinajstić information content (AvgIpc) is 3.56. The van der Waals surface area contributed by atoms with E-state index in [2.05, 4.69) is 62.6 Å². The second kappa shape index (κ2) is 11.3. The fourth-order valence-corrected chi connectivity index (χ4v) is 4.06. The Balaban J connectivity index is 1.43. The molecule has 0 saturated carbocycles. The highest BCUT2D eigenvalue weighted by molar-refractivity contribution is 5.86. The van der Waals surface area contributed by atoms with E-state index in [4.69, 9.17) is 4.99 Å². The van der Waals surface area contributed by atoms with Gasteiger partial charge in [0.05, 0.1) is 19.4 Å². The summed E-state index contributed by atoms with van der Waals surface area (Å²) < 4.78 is 2.06. The number of nitrogens with one attached hydrogen (secondary N) is 2. The zero-order chi connectivity index (χ0) is 22.9. The van der Waals surface area contributed by atoms with Gasteiger partial charge in [0.1, 0.15) is 0 Å². The van der Waals surface area contributed by atoms with Crippen LogP contribution in [0.25, 0.3) is 11.1 Å². The maximum absolute atomic E-state index is 12.4. The van der Waals surface area contributed by atoms with Crippen LogP contribution in [-0.4, -0.2) is 52.5 Å². The van der Waals surface area contributed by atoms with Crippen LogP contribution in [-0.2, 0) is 17.9 Å². The summed E-state index contributed by atoms with van der Waals surface area (Å²) in [6.45, 7) is 6.10. The number of amides is 1. The second-order valence-corrected chi connectivity index (χ2v) is 8.23. The number of imidazole rings is 1. The number of guanidine groups is 1. The number of aliphatic imine (C=N–C) groups is 1. The van der Waals surface area contributed by atoms with Gasteiger partial charge in [0.25, 0.3) is 0 Å². The Kier molecular flexibility index (Phi) is 7.74. The monoisotopic (exact) mass is 444 g/mol. The van der Waals surface area contributed by atoms with Crippen LogP contribution < -0.4 is 10.6 Å². The van der Waals surface area contributed by atoms with Crippen molar-refractivity contribution in [3.8, 4) is 11.1 Å². The van der Waals surface area contributed by atoms with Crippen LogP contribution in [0.15, 0.2) is 72.2 Å². The minimum absolute atomic E-state index is 0.134. The highest BCUT2D eigenvalue weighted by atomic mass is 16.2. The van der Waals surface area contributed by atoms with Crippen LogP contribution in [0, 0.1) is 0 Å². The van der Waals surface area contributed by atoms with Crippen molar-refractivity contribution in [2.45, 2.75) is 32.9 Å². The van der Waals surface area contributed by atoms with Gasteiger partial charge in [0.2, 0.25) is 5.91 Å². The van der Waals surface area contributed by atoms with Crippen LogP contribution in [0.2, 0.25) is 0 Å². The van der Waals surface area contributed by atoms with Gasteiger partial charge in [0.15, 0.2) is 5.96 Å². The van der Waals surface area contributed by atoms with Gasteiger partial charge < -0.3 is 20.1 Å². The highest BCUT2D eigenvalue weighted by Gasteiger charge is 2.17. The van der Waals surface area contributed by atoms with E-state index in [1.165, 1.54) is 11.1 Å². The first-order valence-electron chi connectivity index (χ1n) is 11.7. The predicted octanol–water partition coefficient (Wildman–Crippen LogP) is 3.28. The van der Waals surface area contributed by atoms with Crippen molar-refractivity contribution >= 4 is 11.9 Å². The lowest BCUT2D eigenvalue weighted by atomic mass is 9.98. The molecule has 7 nitrogen and oxygen atoms in total. The van der Waals surface area contributed by atoms with Crippen molar-refractivity contribution in [1.82, 2.24) is 25.1 Å². The maximum Gasteiger partial charge on any atom is 0.241 e. The molecule has 0 spiro atoms. The van der Waals surface area contributed by atoms with Crippen LogP contribution >= 0.6 is 0 Å². The molecule has 1 aliphatic rings. The number of carbonyl (C=O) groups excluding carboxylic acids is 1. The lowest BCUT2D eigenvalue weighted by Gasteiger charge is -2.17. The zero-order valence-electron chi connectivity index (χ0n) is 19.2. The Morgan fingerprint density at radius 3 is 2.58 bits per heavy atom. The molecule has 172 valence electrons. The van der Waals surface area contributed by atoms with E-state index in [9.17, 15) is 4.79 Å². The topological polar surface area (TPSA) is 74.5 Å². The first kappa shape index (κ1) is 22.6. The molecule has 2 N–H and O–H groups in total. The Morgan fingerprint density at radius 1 is 1.06 bits per heavy atom. The average molecular weight is 445 g/mol.